The molecular weight excluding hydrogens is 300 g/mol. The second-order valence-corrected chi connectivity index (χ2v) is 6.23. The van der Waals surface area contributed by atoms with Crippen LogP contribution in [0.3, 0.4) is 0 Å². The molecule has 2 N–H and O–H groups in total. The van der Waals surface area contributed by atoms with Gasteiger partial charge in [-0.25, -0.2) is 0 Å². The number of hydrogen-bond donors (Lipinski definition) is 2. The van der Waals surface area contributed by atoms with E-state index in [0.717, 1.165) is 22.3 Å². The molecule has 24 heavy (non-hydrogen) atoms. The molecule has 0 aliphatic rings. The van der Waals surface area contributed by atoms with Crippen LogP contribution >= 0.6 is 0 Å². The summed E-state index contributed by atoms with van der Waals surface area (Å²) >= 11 is 0. The van der Waals surface area contributed by atoms with E-state index in [9.17, 15) is 9.59 Å². The largest absolute Gasteiger partial charge is 0.344 e. The molecule has 2 rings (SSSR count). The van der Waals surface area contributed by atoms with E-state index in [1.54, 1.807) is 0 Å². The third-order valence-electron chi connectivity index (χ3n) is 4.08. The average Bonchev–Trinajstić information content (AvgIpc) is 2.52. The van der Waals surface area contributed by atoms with Crippen molar-refractivity contribution in [2.75, 3.05) is 0 Å². The Morgan fingerprint density at radius 1 is 0.708 bits per heavy atom. The van der Waals surface area contributed by atoms with Crippen molar-refractivity contribution < 1.29 is 9.59 Å². The van der Waals surface area contributed by atoms with E-state index in [2.05, 4.69) is 22.8 Å². The van der Waals surface area contributed by atoms with E-state index in [1.165, 1.54) is 11.1 Å². The van der Waals surface area contributed by atoms with Crippen molar-refractivity contribution in [3.05, 3.63) is 69.8 Å². The second-order valence-electron chi connectivity index (χ2n) is 6.23. The van der Waals surface area contributed by atoms with E-state index in [1.807, 2.05) is 52.0 Å². The summed E-state index contributed by atoms with van der Waals surface area (Å²) in [6.07, 6.45) is 0. The first-order valence-electron chi connectivity index (χ1n) is 8.05. The molecule has 0 unspecified atom stereocenters. The number of benzene rings is 2. The molecule has 0 aliphatic heterocycles. The maximum Gasteiger partial charge on any atom is 0.309 e. The van der Waals surface area contributed by atoms with Crippen LogP contribution in [0, 0.1) is 27.7 Å². The predicted octanol–water partition coefficient (Wildman–Crippen LogP) is 2.85. The zero-order valence-electron chi connectivity index (χ0n) is 14.7. The minimum Gasteiger partial charge on any atom is -0.344 e. The number of aryl methyl sites for hydroxylation is 4. The van der Waals surface area contributed by atoms with Crippen molar-refractivity contribution >= 4 is 11.8 Å². The highest BCUT2D eigenvalue weighted by Crippen LogP contribution is 2.11. The van der Waals surface area contributed by atoms with Crippen LogP contribution in [0.2, 0.25) is 0 Å². The third-order valence-corrected chi connectivity index (χ3v) is 4.08. The summed E-state index contributed by atoms with van der Waals surface area (Å²) in [5.74, 6) is -1.22. The molecule has 0 fully saturated rings. The maximum atomic E-state index is 11.9. The smallest absolute Gasteiger partial charge is 0.309 e. The molecule has 126 valence electrons. The van der Waals surface area contributed by atoms with Crippen molar-refractivity contribution in [3.8, 4) is 0 Å². The molecule has 0 aliphatic carbocycles. The van der Waals surface area contributed by atoms with Crippen molar-refractivity contribution in [2.24, 2.45) is 0 Å². The molecule has 4 nitrogen and oxygen atoms in total. The summed E-state index contributed by atoms with van der Waals surface area (Å²) in [4.78, 5) is 23.9. The number of hydrogen-bond acceptors (Lipinski definition) is 2. The van der Waals surface area contributed by atoms with Gasteiger partial charge in [0.2, 0.25) is 0 Å². The molecule has 0 saturated carbocycles. The van der Waals surface area contributed by atoms with E-state index in [4.69, 9.17) is 0 Å². The van der Waals surface area contributed by atoms with Crippen LogP contribution < -0.4 is 10.6 Å². The SMILES string of the molecule is Cc1ccc(CNC(=O)C(=O)NCc2ccc(C)cc2C)c(C)c1. The Balaban J connectivity index is 1.87. The summed E-state index contributed by atoms with van der Waals surface area (Å²) in [5, 5.41) is 5.34. The normalized spacial score (nSPS) is 10.3. The third kappa shape index (κ3) is 4.69. The van der Waals surface area contributed by atoms with Gasteiger partial charge in [0, 0.05) is 13.1 Å². The van der Waals surface area contributed by atoms with Gasteiger partial charge in [0.05, 0.1) is 0 Å². The predicted molar refractivity (Wildman–Crippen MR) is 95.5 cm³/mol. The molecule has 0 aromatic heterocycles. The van der Waals surface area contributed by atoms with Gasteiger partial charge in [0.15, 0.2) is 0 Å². The summed E-state index contributed by atoms with van der Waals surface area (Å²) in [5.41, 5.74) is 6.58. The standard InChI is InChI=1S/C20H24N2O2/c1-13-5-7-17(15(3)9-13)11-21-19(23)20(24)22-12-18-8-6-14(2)10-16(18)4/h5-10H,11-12H2,1-4H3,(H,21,23)(H,22,24). The van der Waals surface area contributed by atoms with Crippen LogP contribution in [0.15, 0.2) is 36.4 Å². The lowest BCUT2D eigenvalue weighted by Gasteiger charge is -2.10. The van der Waals surface area contributed by atoms with Crippen molar-refractivity contribution in [3.63, 3.8) is 0 Å². The molecule has 0 atom stereocenters. The summed E-state index contributed by atoms with van der Waals surface area (Å²) in [6, 6.07) is 12.0. The molecule has 0 heterocycles. The van der Waals surface area contributed by atoms with E-state index >= 15 is 0 Å². The fraction of sp³-hybridized carbons (Fsp3) is 0.300. The lowest BCUT2D eigenvalue weighted by molar-refractivity contribution is -0.139. The second kappa shape index (κ2) is 7.77. The van der Waals surface area contributed by atoms with E-state index in [0.29, 0.717) is 13.1 Å². The Morgan fingerprint density at radius 2 is 1.08 bits per heavy atom. The number of amides is 2. The monoisotopic (exact) mass is 324 g/mol. The number of nitrogens with one attached hydrogen (secondary N) is 2. The van der Waals surface area contributed by atoms with Crippen molar-refractivity contribution in [1.29, 1.82) is 0 Å². The van der Waals surface area contributed by atoms with Crippen LogP contribution in [-0.2, 0) is 22.7 Å². The number of rotatable bonds is 4. The quantitative estimate of drug-likeness (QED) is 0.850. The first kappa shape index (κ1) is 17.7. The minimum absolute atomic E-state index is 0.349. The average molecular weight is 324 g/mol. The highest BCUT2D eigenvalue weighted by molar-refractivity contribution is 6.35. The van der Waals surface area contributed by atoms with Gasteiger partial charge < -0.3 is 10.6 Å². The molecule has 4 heteroatoms. The summed E-state index contributed by atoms with van der Waals surface area (Å²) in [7, 11) is 0. The van der Waals surface area contributed by atoms with Crippen LogP contribution in [0.5, 0.6) is 0 Å². The van der Waals surface area contributed by atoms with Gasteiger partial charge in [-0.15, -0.1) is 0 Å². The Morgan fingerprint density at radius 3 is 1.42 bits per heavy atom. The highest BCUT2D eigenvalue weighted by atomic mass is 16.2. The van der Waals surface area contributed by atoms with Gasteiger partial charge in [0.25, 0.3) is 0 Å². The highest BCUT2D eigenvalue weighted by Gasteiger charge is 2.13. The Kier molecular flexibility index (Phi) is 5.74. The number of carbonyl (C=O) groups is 2. The molecule has 0 saturated heterocycles. The molecular formula is C20H24N2O2. The van der Waals surface area contributed by atoms with Crippen LogP contribution in [0.25, 0.3) is 0 Å². The molecule has 2 amide bonds. The van der Waals surface area contributed by atoms with Gasteiger partial charge in [-0.2, -0.15) is 0 Å². The molecule has 2 aromatic carbocycles. The Bertz CT molecular complexity index is 701. The first-order valence-corrected chi connectivity index (χ1v) is 8.05. The molecule has 0 spiro atoms. The lowest BCUT2D eigenvalue weighted by atomic mass is 10.1. The zero-order chi connectivity index (χ0) is 17.7. The van der Waals surface area contributed by atoms with Crippen molar-refractivity contribution in [1.82, 2.24) is 10.6 Å². The van der Waals surface area contributed by atoms with Crippen LogP contribution in [0.4, 0.5) is 0 Å². The topological polar surface area (TPSA) is 58.2 Å². The van der Waals surface area contributed by atoms with Gasteiger partial charge in [-0.1, -0.05) is 47.5 Å². The van der Waals surface area contributed by atoms with Gasteiger partial charge in [-0.05, 0) is 49.9 Å². The number of carbonyl (C=O) groups excluding carboxylic acids is 2. The summed E-state index contributed by atoms with van der Waals surface area (Å²) < 4.78 is 0. The van der Waals surface area contributed by atoms with Gasteiger partial charge >= 0.3 is 11.8 Å². The summed E-state index contributed by atoms with van der Waals surface area (Å²) in [6.45, 7) is 8.74. The zero-order valence-corrected chi connectivity index (χ0v) is 14.7. The molecule has 0 radical (unpaired) electrons. The molecule has 0 bridgehead atoms. The van der Waals surface area contributed by atoms with E-state index in [-0.39, 0.29) is 0 Å². The fourth-order valence-corrected chi connectivity index (χ4v) is 2.60. The lowest BCUT2D eigenvalue weighted by Crippen LogP contribution is -2.39. The minimum atomic E-state index is -0.611. The Labute approximate surface area is 143 Å². The first-order chi connectivity index (χ1) is 11.4. The van der Waals surface area contributed by atoms with Crippen LogP contribution in [0.1, 0.15) is 33.4 Å². The van der Waals surface area contributed by atoms with Crippen molar-refractivity contribution in [2.45, 2.75) is 40.8 Å². The molecule has 2 aromatic rings. The Hall–Kier alpha value is -2.62. The van der Waals surface area contributed by atoms with Gasteiger partial charge in [-0.3, -0.25) is 9.59 Å². The van der Waals surface area contributed by atoms with Crippen LogP contribution in [-0.4, -0.2) is 11.8 Å². The maximum absolute atomic E-state index is 11.9. The van der Waals surface area contributed by atoms with Gasteiger partial charge in [0.1, 0.15) is 0 Å². The van der Waals surface area contributed by atoms with E-state index < -0.39 is 11.8 Å². The fourth-order valence-electron chi connectivity index (χ4n) is 2.60.